The molecule has 0 saturated heterocycles. The Morgan fingerprint density at radius 2 is 2.19 bits per heavy atom. The average molecular weight is 311 g/mol. The molecule has 1 saturated carbocycles. The van der Waals surface area contributed by atoms with Gasteiger partial charge in [-0.3, -0.25) is 4.79 Å². The monoisotopic (exact) mass is 311 g/mol. The number of nitrogens with two attached hydrogens (primary N) is 1. The lowest BCUT2D eigenvalue weighted by Gasteiger charge is -2.08. The SMILES string of the molecule is CCOCCCNc1sc(C(=O)N(C)C)c(N)c1C1CC1. The minimum atomic E-state index is -0.0123. The van der Waals surface area contributed by atoms with Gasteiger partial charge >= 0.3 is 0 Å². The van der Waals surface area contributed by atoms with Crippen LogP contribution in [0, 0.1) is 0 Å². The maximum absolute atomic E-state index is 12.2. The first-order valence-corrected chi connectivity index (χ1v) is 8.33. The zero-order chi connectivity index (χ0) is 15.4. The number of anilines is 2. The second-order valence-electron chi connectivity index (χ2n) is 5.54. The fourth-order valence-corrected chi connectivity index (χ4v) is 3.50. The number of rotatable bonds is 8. The molecular weight excluding hydrogens is 286 g/mol. The van der Waals surface area contributed by atoms with E-state index in [1.807, 2.05) is 6.92 Å². The topological polar surface area (TPSA) is 67.6 Å². The third kappa shape index (κ3) is 3.89. The highest BCUT2D eigenvalue weighted by molar-refractivity contribution is 7.18. The van der Waals surface area contributed by atoms with Gasteiger partial charge in [0.2, 0.25) is 0 Å². The summed E-state index contributed by atoms with van der Waals surface area (Å²) >= 11 is 1.49. The van der Waals surface area contributed by atoms with Gasteiger partial charge in [0.25, 0.3) is 5.91 Å². The molecule has 0 unspecified atom stereocenters. The molecule has 118 valence electrons. The van der Waals surface area contributed by atoms with Gasteiger partial charge in [-0.1, -0.05) is 0 Å². The van der Waals surface area contributed by atoms with Crippen LogP contribution in [0.3, 0.4) is 0 Å². The maximum Gasteiger partial charge on any atom is 0.265 e. The van der Waals surface area contributed by atoms with E-state index in [1.54, 1.807) is 19.0 Å². The average Bonchev–Trinajstić information content (AvgIpc) is 3.22. The zero-order valence-corrected chi connectivity index (χ0v) is 13.9. The molecular formula is C15H25N3O2S. The summed E-state index contributed by atoms with van der Waals surface area (Å²) in [4.78, 5) is 14.4. The van der Waals surface area contributed by atoms with Gasteiger partial charge in [-0.15, -0.1) is 11.3 Å². The Kier molecular flexibility index (Phi) is 5.47. The summed E-state index contributed by atoms with van der Waals surface area (Å²) in [5, 5.41) is 4.50. The maximum atomic E-state index is 12.2. The molecule has 1 aliphatic rings. The molecule has 1 aliphatic carbocycles. The zero-order valence-electron chi connectivity index (χ0n) is 13.1. The number of nitrogens with zero attached hydrogens (tertiary/aromatic N) is 1. The summed E-state index contributed by atoms with van der Waals surface area (Å²) in [5.74, 6) is 0.515. The molecule has 0 atom stereocenters. The Balaban J connectivity index is 2.08. The molecule has 0 bridgehead atoms. The summed E-state index contributed by atoms with van der Waals surface area (Å²) in [5.41, 5.74) is 8.06. The molecule has 0 aliphatic heterocycles. The van der Waals surface area contributed by atoms with Crippen molar-refractivity contribution in [1.29, 1.82) is 0 Å². The molecule has 0 spiro atoms. The second-order valence-corrected chi connectivity index (χ2v) is 6.56. The fraction of sp³-hybridized carbons (Fsp3) is 0.667. The molecule has 1 amide bonds. The number of carbonyl (C=O) groups excluding carboxylic acids is 1. The first-order valence-electron chi connectivity index (χ1n) is 7.51. The lowest BCUT2D eigenvalue weighted by Crippen LogP contribution is -2.21. The van der Waals surface area contributed by atoms with Crippen molar-refractivity contribution in [1.82, 2.24) is 4.90 Å². The highest BCUT2D eigenvalue weighted by Crippen LogP contribution is 2.50. The number of ether oxygens (including phenoxy) is 1. The van der Waals surface area contributed by atoms with Crippen molar-refractivity contribution in [2.45, 2.75) is 32.1 Å². The van der Waals surface area contributed by atoms with Crippen LogP contribution in [0.15, 0.2) is 0 Å². The van der Waals surface area contributed by atoms with E-state index in [-0.39, 0.29) is 5.91 Å². The summed E-state index contributed by atoms with van der Waals surface area (Å²) in [6.07, 6.45) is 3.29. The van der Waals surface area contributed by atoms with E-state index in [2.05, 4.69) is 5.32 Å². The largest absolute Gasteiger partial charge is 0.397 e. The molecule has 21 heavy (non-hydrogen) atoms. The van der Waals surface area contributed by atoms with Crippen LogP contribution < -0.4 is 11.1 Å². The van der Waals surface area contributed by atoms with Crippen molar-refractivity contribution in [3.63, 3.8) is 0 Å². The number of thiophene rings is 1. The first kappa shape index (κ1) is 16.1. The molecule has 1 fully saturated rings. The molecule has 3 N–H and O–H groups in total. The van der Waals surface area contributed by atoms with E-state index < -0.39 is 0 Å². The highest BCUT2D eigenvalue weighted by atomic mass is 32.1. The van der Waals surface area contributed by atoms with Gasteiger partial charge in [0.05, 0.1) is 10.7 Å². The molecule has 5 nitrogen and oxygen atoms in total. The van der Waals surface area contributed by atoms with Gasteiger partial charge in [0.1, 0.15) is 4.88 Å². The van der Waals surface area contributed by atoms with Gasteiger partial charge in [-0.25, -0.2) is 0 Å². The summed E-state index contributed by atoms with van der Waals surface area (Å²) in [6.45, 7) is 4.35. The molecule has 0 aromatic carbocycles. The minimum Gasteiger partial charge on any atom is -0.397 e. The third-order valence-corrected chi connectivity index (χ3v) is 4.69. The predicted octanol–water partition coefficient (Wildman–Crippen LogP) is 2.75. The van der Waals surface area contributed by atoms with Crippen LogP contribution in [0.5, 0.6) is 0 Å². The van der Waals surface area contributed by atoms with E-state index in [0.717, 1.165) is 36.7 Å². The normalized spacial score (nSPS) is 14.2. The number of hydrogen-bond acceptors (Lipinski definition) is 5. The lowest BCUT2D eigenvalue weighted by atomic mass is 10.1. The van der Waals surface area contributed by atoms with Crippen molar-refractivity contribution in [3.05, 3.63) is 10.4 Å². The molecule has 6 heteroatoms. The van der Waals surface area contributed by atoms with Gasteiger partial charge in [0, 0.05) is 39.4 Å². The Morgan fingerprint density at radius 3 is 2.76 bits per heavy atom. The minimum absolute atomic E-state index is 0.0123. The van der Waals surface area contributed by atoms with Gasteiger partial charge in [-0.05, 0) is 32.1 Å². The number of nitrogens with one attached hydrogen (secondary N) is 1. The van der Waals surface area contributed by atoms with Crippen molar-refractivity contribution in [2.24, 2.45) is 0 Å². The van der Waals surface area contributed by atoms with Crippen LogP contribution in [0.25, 0.3) is 0 Å². The van der Waals surface area contributed by atoms with E-state index in [0.29, 0.717) is 16.5 Å². The summed E-state index contributed by atoms with van der Waals surface area (Å²) in [7, 11) is 3.51. The van der Waals surface area contributed by atoms with Crippen molar-refractivity contribution in [2.75, 3.05) is 44.9 Å². The van der Waals surface area contributed by atoms with Crippen molar-refractivity contribution >= 4 is 27.9 Å². The Morgan fingerprint density at radius 1 is 1.48 bits per heavy atom. The second kappa shape index (κ2) is 7.13. The lowest BCUT2D eigenvalue weighted by molar-refractivity contribution is 0.0833. The third-order valence-electron chi connectivity index (χ3n) is 3.52. The van der Waals surface area contributed by atoms with E-state index in [1.165, 1.54) is 24.2 Å². The standard InChI is InChI=1S/C15H25N3O2S/c1-4-20-9-5-8-17-14-11(10-6-7-10)12(16)13(21-14)15(19)18(2)3/h10,17H,4-9,16H2,1-3H3. The van der Waals surface area contributed by atoms with E-state index in [9.17, 15) is 4.79 Å². The smallest absolute Gasteiger partial charge is 0.265 e. The van der Waals surface area contributed by atoms with Gasteiger partial charge in [0.15, 0.2) is 0 Å². The van der Waals surface area contributed by atoms with Crippen molar-refractivity contribution < 1.29 is 9.53 Å². The Hall–Kier alpha value is -1.27. The van der Waals surface area contributed by atoms with Crippen LogP contribution in [0.4, 0.5) is 10.7 Å². The van der Waals surface area contributed by atoms with Gasteiger partial charge in [-0.2, -0.15) is 0 Å². The summed E-state index contributed by atoms with van der Waals surface area (Å²) < 4.78 is 5.34. The molecule has 2 rings (SSSR count). The van der Waals surface area contributed by atoms with Crippen LogP contribution in [-0.4, -0.2) is 44.7 Å². The predicted molar refractivity (Wildman–Crippen MR) is 88.3 cm³/mol. The van der Waals surface area contributed by atoms with Crippen LogP contribution in [0.2, 0.25) is 0 Å². The van der Waals surface area contributed by atoms with Crippen LogP contribution >= 0.6 is 11.3 Å². The Bertz CT molecular complexity index is 495. The Labute approximate surface area is 130 Å². The fourth-order valence-electron chi connectivity index (χ4n) is 2.25. The van der Waals surface area contributed by atoms with Crippen LogP contribution in [0.1, 0.15) is 47.3 Å². The number of nitrogen functional groups attached to an aromatic ring is 1. The quantitative estimate of drug-likeness (QED) is 0.724. The van der Waals surface area contributed by atoms with E-state index >= 15 is 0 Å². The molecule has 1 aromatic heterocycles. The van der Waals surface area contributed by atoms with Crippen LogP contribution in [-0.2, 0) is 4.74 Å². The number of carbonyl (C=O) groups is 1. The number of hydrogen-bond donors (Lipinski definition) is 2. The van der Waals surface area contributed by atoms with E-state index in [4.69, 9.17) is 10.5 Å². The molecule has 1 heterocycles. The number of amides is 1. The molecule has 1 aromatic rings. The van der Waals surface area contributed by atoms with Crippen molar-refractivity contribution in [3.8, 4) is 0 Å². The first-order chi connectivity index (χ1) is 10.1. The molecule has 0 radical (unpaired) electrons. The van der Waals surface area contributed by atoms with Gasteiger partial charge < -0.3 is 20.7 Å². The highest BCUT2D eigenvalue weighted by Gasteiger charge is 2.33. The summed E-state index contributed by atoms with van der Waals surface area (Å²) in [6, 6.07) is 0.